The Morgan fingerprint density at radius 3 is 3.10 bits per heavy atom. The summed E-state index contributed by atoms with van der Waals surface area (Å²) in [5, 5.41) is 3.27. The molecule has 1 aromatic carbocycles. The predicted octanol–water partition coefficient (Wildman–Crippen LogP) is 3.11. The van der Waals surface area contributed by atoms with E-state index < -0.39 is 0 Å². The number of nitrogens with one attached hydrogen (secondary N) is 1. The third kappa shape index (κ3) is 2.43. The maximum atomic E-state index is 12.0. The van der Waals surface area contributed by atoms with E-state index in [-0.39, 0.29) is 5.91 Å². The average molecular weight is 278 g/mol. The number of nitrogens with zero attached hydrogens (tertiary/aromatic N) is 3. The van der Waals surface area contributed by atoms with Gasteiger partial charge in [0.15, 0.2) is 0 Å². The highest BCUT2D eigenvalue weighted by atomic mass is 16.2. The zero-order valence-electron chi connectivity index (χ0n) is 11.6. The van der Waals surface area contributed by atoms with E-state index in [1.807, 2.05) is 30.3 Å². The third-order valence-electron chi connectivity index (χ3n) is 3.47. The van der Waals surface area contributed by atoms with Crippen LogP contribution in [-0.4, -0.2) is 10.9 Å². The molecule has 0 atom stereocenters. The van der Waals surface area contributed by atoms with Gasteiger partial charge < -0.3 is 15.1 Å². The summed E-state index contributed by atoms with van der Waals surface area (Å²) in [6.07, 6.45) is 1.72. The van der Waals surface area contributed by atoms with Gasteiger partial charge in [-0.05, 0) is 24.3 Å². The SMILES string of the molecule is [C-]#[N+]Cc1ccc2c(c1)N(C(C)=O)Cc1cccnc1N2. The van der Waals surface area contributed by atoms with Crippen LogP contribution in [0.2, 0.25) is 0 Å². The van der Waals surface area contributed by atoms with Crippen LogP contribution in [0.3, 0.4) is 0 Å². The minimum Gasteiger partial charge on any atom is -0.338 e. The van der Waals surface area contributed by atoms with E-state index >= 15 is 0 Å². The van der Waals surface area contributed by atoms with Crippen LogP contribution in [0.4, 0.5) is 17.2 Å². The van der Waals surface area contributed by atoms with Crippen LogP contribution in [0.15, 0.2) is 36.5 Å². The van der Waals surface area contributed by atoms with Gasteiger partial charge in [0.2, 0.25) is 12.5 Å². The fourth-order valence-electron chi connectivity index (χ4n) is 2.44. The molecule has 1 aliphatic rings. The lowest BCUT2D eigenvalue weighted by atomic mass is 10.1. The van der Waals surface area contributed by atoms with Crippen molar-refractivity contribution in [2.45, 2.75) is 20.0 Å². The summed E-state index contributed by atoms with van der Waals surface area (Å²) < 4.78 is 0. The predicted molar refractivity (Wildman–Crippen MR) is 81.1 cm³/mol. The molecule has 1 amide bonds. The Balaban J connectivity index is 2.13. The van der Waals surface area contributed by atoms with Crippen LogP contribution in [0.1, 0.15) is 18.1 Å². The monoisotopic (exact) mass is 278 g/mol. The second kappa shape index (κ2) is 5.25. The summed E-state index contributed by atoms with van der Waals surface area (Å²) in [5.41, 5.74) is 3.49. The lowest BCUT2D eigenvalue weighted by molar-refractivity contribution is -0.116. The lowest BCUT2D eigenvalue weighted by Crippen LogP contribution is -2.27. The topological polar surface area (TPSA) is 49.6 Å². The van der Waals surface area contributed by atoms with E-state index in [0.717, 1.165) is 28.3 Å². The van der Waals surface area contributed by atoms with Gasteiger partial charge in [-0.2, -0.15) is 0 Å². The van der Waals surface area contributed by atoms with Gasteiger partial charge in [-0.1, -0.05) is 6.07 Å². The number of hydrogen-bond acceptors (Lipinski definition) is 3. The Morgan fingerprint density at radius 1 is 1.48 bits per heavy atom. The first-order valence-corrected chi connectivity index (χ1v) is 6.64. The summed E-state index contributed by atoms with van der Waals surface area (Å²) in [5.74, 6) is 0.732. The zero-order chi connectivity index (χ0) is 14.8. The van der Waals surface area contributed by atoms with Gasteiger partial charge in [-0.15, -0.1) is 0 Å². The number of amides is 1. The molecule has 0 saturated heterocycles. The van der Waals surface area contributed by atoms with Crippen molar-refractivity contribution in [1.82, 2.24) is 4.98 Å². The fraction of sp³-hybridized carbons (Fsp3) is 0.188. The van der Waals surface area contributed by atoms with Crippen molar-refractivity contribution in [1.29, 1.82) is 0 Å². The third-order valence-corrected chi connectivity index (χ3v) is 3.47. The summed E-state index contributed by atoms with van der Waals surface area (Å²) >= 11 is 0. The first-order chi connectivity index (χ1) is 10.2. The van der Waals surface area contributed by atoms with Gasteiger partial charge in [0, 0.05) is 24.2 Å². The van der Waals surface area contributed by atoms with Crippen molar-refractivity contribution >= 4 is 23.1 Å². The minimum atomic E-state index is -0.0327. The molecule has 21 heavy (non-hydrogen) atoms. The molecule has 2 aromatic rings. The number of rotatable bonds is 1. The number of anilines is 3. The van der Waals surface area contributed by atoms with E-state index in [0.29, 0.717) is 13.1 Å². The highest BCUT2D eigenvalue weighted by molar-refractivity contribution is 5.97. The molecule has 3 rings (SSSR count). The van der Waals surface area contributed by atoms with Crippen LogP contribution < -0.4 is 10.2 Å². The van der Waals surface area contributed by atoms with E-state index in [9.17, 15) is 4.79 Å². The van der Waals surface area contributed by atoms with Crippen LogP contribution >= 0.6 is 0 Å². The highest BCUT2D eigenvalue weighted by Gasteiger charge is 2.22. The van der Waals surface area contributed by atoms with Crippen LogP contribution in [0, 0.1) is 6.57 Å². The Labute approximate surface area is 123 Å². The summed E-state index contributed by atoms with van der Waals surface area (Å²) in [6.45, 7) is 9.31. The molecule has 0 radical (unpaired) electrons. The van der Waals surface area contributed by atoms with Crippen LogP contribution in [-0.2, 0) is 17.9 Å². The van der Waals surface area contributed by atoms with Crippen molar-refractivity contribution in [2.24, 2.45) is 0 Å². The van der Waals surface area contributed by atoms with Gasteiger partial charge in [-0.3, -0.25) is 4.79 Å². The Morgan fingerprint density at radius 2 is 2.33 bits per heavy atom. The number of fused-ring (bicyclic) bond motifs is 2. The van der Waals surface area contributed by atoms with Gasteiger partial charge in [0.25, 0.3) is 0 Å². The van der Waals surface area contributed by atoms with Crippen molar-refractivity contribution in [3.05, 3.63) is 59.1 Å². The molecule has 0 bridgehead atoms. The summed E-state index contributed by atoms with van der Waals surface area (Å²) in [7, 11) is 0. The maximum absolute atomic E-state index is 12.0. The summed E-state index contributed by atoms with van der Waals surface area (Å²) in [6, 6.07) is 9.51. The Bertz CT molecular complexity index is 748. The van der Waals surface area contributed by atoms with E-state index in [1.54, 1.807) is 18.0 Å². The van der Waals surface area contributed by atoms with E-state index in [4.69, 9.17) is 6.57 Å². The highest BCUT2D eigenvalue weighted by Crippen LogP contribution is 2.35. The zero-order valence-corrected chi connectivity index (χ0v) is 11.6. The molecule has 5 heteroatoms. The molecule has 104 valence electrons. The molecule has 0 saturated carbocycles. The number of carbonyl (C=O) groups is 1. The average Bonchev–Trinajstić information content (AvgIpc) is 2.64. The Kier molecular flexibility index (Phi) is 3.28. The normalized spacial score (nSPS) is 12.5. The molecular formula is C16H14N4O. The number of benzene rings is 1. The molecule has 1 N–H and O–H groups in total. The second-order valence-electron chi connectivity index (χ2n) is 4.91. The van der Waals surface area contributed by atoms with Crippen LogP contribution in [0.5, 0.6) is 0 Å². The van der Waals surface area contributed by atoms with Crippen molar-refractivity contribution < 1.29 is 4.79 Å². The van der Waals surface area contributed by atoms with Crippen molar-refractivity contribution in [3.8, 4) is 0 Å². The molecule has 0 spiro atoms. The van der Waals surface area contributed by atoms with Crippen LogP contribution in [0.25, 0.3) is 4.85 Å². The van der Waals surface area contributed by atoms with Gasteiger partial charge in [0.05, 0.1) is 17.9 Å². The number of aromatic nitrogens is 1. The molecule has 0 aliphatic carbocycles. The molecule has 2 heterocycles. The molecule has 0 fully saturated rings. The Hall–Kier alpha value is -2.87. The number of pyridine rings is 1. The van der Waals surface area contributed by atoms with Crippen molar-refractivity contribution in [2.75, 3.05) is 10.2 Å². The number of hydrogen-bond donors (Lipinski definition) is 1. The molecule has 0 unspecified atom stereocenters. The van der Waals surface area contributed by atoms with Crippen molar-refractivity contribution in [3.63, 3.8) is 0 Å². The first kappa shape index (κ1) is 13.1. The smallest absolute Gasteiger partial charge is 0.239 e. The summed E-state index contributed by atoms with van der Waals surface area (Å²) in [4.78, 5) is 21.5. The molecule has 5 nitrogen and oxygen atoms in total. The first-order valence-electron chi connectivity index (χ1n) is 6.64. The van der Waals surface area contributed by atoms with E-state index in [2.05, 4.69) is 15.1 Å². The molecular weight excluding hydrogens is 264 g/mol. The van der Waals surface area contributed by atoms with Gasteiger partial charge >= 0.3 is 0 Å². The van der Waals surface area contributed by atoms with E-state index in [1.165, 1.54) is 0 Å². The minimum absolute atomic E-state index is 0.0327. The number of carbonyl (C=O) groups excluding carboxylic acids is 1. The lowest BCUT2D eigenvalue weighted by Gasteiger charge is -2.21. The van der Waals surface area contributed by atoms with Gasteiger partial charge in [-0.25, -0.2) is 11.6 Å². The second-order valence-corrected chi connectivity index (χ2v) is 4.91. The van der Waals surface area contributed by atoms with Gasteiger partial charge in [0.1, 0.15) is 5.82 Å². The fourth-order valence-corrected chi connectivity index (χ4v) is 2.44. The standard InChI is InChI=1S/C16H14N4O/c1-11(21)20-10-13-4-3-7-18-16(13)19-14-6-5-12(9-17-2)8-15(14)20/h3-8H,9-10H2,1H3,(H,18,19). The maximum Gasteiger partial charge on any atom is 0.239 e. The molecule has 1 aliphatic heterocycles. The largest absolute Gasteiger partial charge is 0.338 e. The quantitative estimate of drug-likeness (QED) is 0.815. The molecule has 1 aromatic heterocycles.